The molecular formula is C24H21ClN6O2. The van der Waals surface area contributed by atoms with Crippen LogP contribution in [0, 0.1) is 6.92 Å². The number of ether oxygens (including phenoxy) is 2. The minimum atomic E-state index is 0.146. The summed E-state index contributed by atoms with van der Waals surface area (Å²) in [4.78, 5) is 17.4. The lowest BCUT2D eigenvalue weighted by molar-refractivity contribution is 0.322. The van der Waals surface area contributed by atoms with E-state index < -0.39 is 0 Å². The van der Waals surface area contributed by atoms with E-state index in [2.05, 4.69) is 30.6 Å². The van der Waals surface area contributed by atoms with Crippen molar-refractivity contribution in [2.45, 2.75) is 19.9 Å². The first-order valence-electron chi connectivity index (χ1n) is 10.4. The molecule has 33 heavy (non-hydrogen) atoms. The molecule has 9 heteroatoms. The van der Waals surface area contributed by atoms with E-state index >= 15 is 0 Å². The molecule has 0 fully saturated rings. The van der Waals surface area contributed by atoms with Crippen molar-refractivity contribution < 1.29 is 9.47 Å². The number of nitrogens with one attached hydrogen (secondary N) is 2. The molecule has 3 heterocycles. The maximum absolute atomic E-state index is 6.47. The number of rotatable bonds is 5. The highest BCUT2D eigenvalue weighted by molar-refractivity contribution is 6.32. The second kappa shape index (κ2) is 8.91. The van der Waals surface area contributed by atoms with Crippen LogP contribution in [-0.2, 0) is 4.74 Å². The van der Waals surface area contributed by atoms with Crippen LogP contribution >= 0.6 is 11.6 Å². The first kappa shape index (κ1) is 21.0. The Balaban J connectivity index is 1.38. The average molecular weight is 461 g/mol. The van der Waals surface area contributed by atoms with Gasteiger partial charge in [-0.25, -0.2) is 15.0 Å². The molecule has 1 unspecified atom stereocenters. The van der Waals surface area contributed by atoms with Gasteiger partial charge in [0.05, 0.1) is 22.8 Å². The number of amidine groups is 1. The third kappa shape index (κ3) is 4.80. The Labute approximate surface area is 195 Å². The summed E-state index contributed by atoms with van der Waals surface area (Å²) in [6.07, 6.45) is 3.19. The number of benzene rings is 2. The standard InChI is InChI=1S/C24H21ClN6O2/c1-14-3-6-18(11-26-14)33-22-8-5-17(10-20(22)25)30-23-19-9-16(4-7-21(19)27-13-28-23)31-24-29-15(2)12-32-24/h3-11,13,15H,12H2,1-2H3,(H,29,31)(H,27,28,30). The normalized spacial score (nSPS) is 15.1. The average Bonchev–Trinajstić information content (AvgIpc) is 3.22. The van der Waals surface area contributed by atoms with E-state index in [0.29, 0.717) is 35.0 Å². The summed E-state index contributed by atoms with van der Waals surface area (Å²) in [5, 5.41) is 7.83. The molecule has 1 aliphatic heterocycles. The largest absolute Gasteiger partial charge is 0.463 e. The first-order chi connectivity index (χ1) is 16.0. The summed E-state index contributed by atoms with van der Waals surface area (Å²) in [5.74, 6) is 1.81. The molecule has 0 amide bonds. The van der Waals surface area contributed by atoms with E-state index in [1.165, 1.54) is 6.33 Å². The molecule has 2 aromatic carbocycles. The highest BCUT2D eigenvalue weighted by atomic mass is 35.5. The van der Waals surface area contributed by atoms with Gasteiger partial charge in [0.1, 0.15) is 30.3 Å². The number of fused-ring (bicyclic) bond motifs is 1. The Morgan fingerprint density at radius 2 is 1.85 bits per heavy atom. The van der Waals surface area contributed by atoms with Crippen molar-refractivity contribution >= 4 is 45.7 Å². The predicted octanol–water partition coefficient (Wildman–Crippen LogP) is 5.71. The number of hydrogen-bond acceptors (Lipinski definition) is 8. The van der Waals surface area contributed by atoms with Crippen LogP contribution in [0.15, 0.2) is 66.0 Å². The van der Waals surface area contributed by atoms with Gasteiger partial charge in [0, 0.05) is 22.5 Å². The second-order valence-electron chi connectivity index (χ2n) is 7.68. The van der Waals surface area contributed by atoms with Crippen molar-refractivity contribution in [1.82, 2.24) is 15.0 Å². The van der Waals surface area contributed by atoms with Crippen molar-refractivity contribution in [3.8, 4) is 11.5 Å². The molecule has 1 aliphatic rings. The monoisotopic (exact) mass is 460 g/mol. The van der Waals surface area contributed by atoms with Crippen LogP contribution in [0.5, 0.6) is 11.5 Å². The van der Waals surface area contributed by atoms with Gasteiger partial charge in [-0.15, -0.1) is 0 Å². The molecule has 4 aromatic rings. The zero-order chi connectivity index (χ0) is 22.8. The number of aliphatic imine (C=N–C) groups is 1. The van der Waals surface area contributed by atoms with Crippen LogP contribution in [0.1, 0.15) is 12.6 Å². The van der Waals surface area contributed by atoms with Crippen LogP contribution in [-0.4, -0.2) is 33.6 Å². The minimum Gasteiger partial charge on any atom is -0.463 e. The van der Waals surface area contributed by atoms with E-state index in [1.807, 2.05) is 50.2 Å². The maximum Gasteiger partial charge on any atom is 0.289 e. The molecule has 5 rings (SSSR count). The molecular weight excluding hydrogens is 440 g/mol. The van der Waals surface area contributed by atoms with Gasteiger partial charge in [-0.3, -0.25) is 4.98 Å². The molecule has 2 aromatic heterocycles. The summed E-state index contributed by atoms with van der Waals surface area (Å²) in [5.41, 5.74) is 3.33. The second-order valence-corrected chi connectivity index (χ2v) is 8.09. The number of hydrogen-bond donors (Lipinski definition) is 2. The van der Waals surface area contributed by atoms with Crippen molar-refractivity contribution in [3.05, 3.63) is 71.8 Å². The highest BCUT2D eigenvalue weighted by Crippen LogP contribution is 2.33. The van der Waals surface area contributed by atoms with E-state index in [1.54, 1.807) is 18.3 Å². The number of aromatic nitrogens is 3. The van der Waals surface area contributed by atoms with Gasteiger partial charge in [0.15, 0.2) is 0 Å². The number of halogens is 1. The van der Waals surface area contributed by atoms with Gasteiger partial charge in [-0.05, 0) is 62.4 Å². The van der Waals surface area contributed by atoms with E-state index in [4.69, 9.17) is 21.1 Å². The fourth-order valence-corrected chi connectivity index (χ4v) is 3.56. The molecule has 0 bridgehead atoms. The molecule has 2 N–H and O–H groups in total. The SMILES string of the molecule is Cc1ccc(Oc2ccc(Nc3ncnc4ccc(NC5=NC(C)CO5)cc34)cc2Cl)cn1. The van der Waals surface area contributed by atoms with Crippen LogP contribution in [0.4, 0.5) is 17.2 Å². The lowest BCUT2D eigenvalue weighted by Gasteiger charge is -2.12. The molecule has 0 radical (unpaired) electrons. The number of anilines is 3. The highest BCUT2D eigenvalue weighted by Gasteiger charge is 2.15. The molecule has 1 atom stereocenters. The molecule has 0 aliphatic carbocycles. The van der Waals surface area contributed by atoms with Gasteiger partial charge in [0.2, 0.25) is 0 Å². The van der Waals surface area contributed by atoms with Crippen LogP contribution < -0.4 is 15.4 Å². The van der Waals surface area contributed by atoms with Crippen molar-refractivity contribution in [1.29, 1.82) is 0 Å². The van der Waals surface area contributed by atoms with Gasteiger partial charge in [-0.2, -0.15) is 0 Å². The van der Waals surface area contributed by atoms with Gasteiger partial charge in [-0.1, -0.05) is 11.6 Å². The Bertz CT molecular complexity index is 1340. The lowest BCUT2D eigenvalue weighted by atomic mass is 10.2. The smallest absolute Gasteiger partial charge is 0.289 e. The summed E-state index contributed by atoms with van der Waals surface area (Å²) in [7, 11) is 0. The van der Waals surface area contributed by atoms with E-state index in [-0.39, 0.29) is 6.04 Å². The Morgan fingerprint density at radius 1 is 1.00 bits per heavy atom. The van der Waals surface area contributed by atoms with Gasteiger partial charge >= 0.3 is 0 Å². The molecule has 0 saturated carbocycles. The Kier molecular flexibility index (Phi) is 5.66. The molecule has 8 nitrogen and oxygen atoms in total. The third-order valence-corrected chi connectivity index (χ3v) is 5.29. The zero-order valence-corrected chi connectivity index (χ0v) is 18.8. The summed E-state index contributed by atoms with van der Waals surface area (Å²) >= 11 is 6.47. The van der Waals surface area contributed by atoms with Crippen molar-refractivity contribution in [2.75, 3.05) is 17.2 Å². The Hall–Kier alpha value is -3.91. The van der Waals surface area contributed by atoms with Crippen LogP contribution in [0.3, 0.4) is 0 Å². The fourth-order valence-electron chi connectivity index (χ4n) is 3.34. The molecule has 0 saturated heterocycles. The van der Waals surface area contributed by atoms with E-state index in [9.17, 15) is 0 Å². The third-order valence-electron chi connectivity index (χ3n) is 4.99. The fraction of sp³-hybridized carbons (Fsp3) is 0.167. The van der Waals surface area contributed by atoms with Gasteiger partial charge in [0.25, 0.3) is 6.02 Å². The zero-order valence-electron chi connectivity index (χ0n) is 18.0. The minimum absolute atomic E-state index is 0.146. The number of aryl methyl sites for hydroxylation is 1. The quantitative estimate of drug-likeness (QED) is 0.394. The number of nitrogens with zero attached hydrogens (tertiary/aromatic N) is 4. The van der Waals surface area contributed by atoms with Crippen molar-refractivity contribution in [3.63, 3.8) is 0 Å². The summed E-state index contributed by atoms with van der Waals surface area (Å²) in [6.45, 7) is 4.50. The topological polar surface area (TPSA) is 93.6 Å². The van der Waals surface area contributed by atoms with Crippen molar-refractivity contribution in [2.24, 2.45) is 4.99 Å². The summed E-state index contributed by atoms with van der Waals surface area (Å²) < 4.78 is 11.4. The Morgan fingerprint density at radius 3 is 2.61 bits per heavy atom. The first-order valence-corrected chi connectivity index (χ1v) is 10.8. The number of pyridine rings is 1. The molecule has 0 spiro atoms. The lowest BCUT2D eigenvalue weighted by Crippen LogP contribution is -2.11. The van der Waals surface area contributed by atoms with Crippen LogP contribution in [0.25, 0.3) is 10.9 Å². The molecule has 166 valence electrons. The summed E-state index contributed by atoms with van der Waals surface area (Å²) in [6, 6.07) is 15.7. The van der Waals surface area contributed by atoms with Crippen LogP contribution in [0.2, 0.25) is 5.02 Å². The predicted molar refractivity (Wildman–Crippen MR) is 130 cm³/mol. The maximum atomic E-state index is 6.47. The van der Waals surface area contributed by atoms with Gasteiger partial charge < -0.3 is 20.1 Å². The van der Waals surface area contributed by atoms with E-state index in [0.717, 1.165) is 28.0 Å².